The Kier molecular flexibility index (Phi) is 4.95. The molecule has 2 aromatic rings. The normalized spacial score (nSPS) is 10.2. The summed E-state index contributed by atoms with van der Waals surface area (Å²) in [7, 11) is 0. The second kappa shape index (κ2) is 6.90. The topological polar surface area (TPSA) is 64.3 Å². The van der Waals surface area contributed by atoms with Crippen molar-refractivity contribution in [2.24, 2.45) is 5.73 Å². The maximum absolute atomic E-state index is 11.9. The van der Waals surface area contributed by atoms with Gasteiger partial charge in [0.15, 0.2) is 6.61 Å². The zero-order valence-corrected chi connectivity index (χ0v) is 12.3. The number of hydrogen-bond donors (Lipinski definition) is 2. The monoisotopic (exact) mass is 284 g/mol. The molecule has 0 aliphatic carbocycles. The Labute approximate surface area is 124 Å². The number of carbonyl (C=O) groups is 1. The van der Waals surface area contributed by atoms with Crippen molar-refractivity contribution in [3.8, 4) is 5.75 Å². The second-order valence-electron chi connectivity index (χ2n) is 4.96. The summed E-state index contributed by atoms with van der Waals surface area (Å²) in [5.74, 6) is 0.514. The number of benzene rings is 2. The van der Waals surface area contributed by atoms with Gasteiger partial charge in [0, 0.05) is 12.2 Å². The van der Waals surface area contributed by atoms with Gasteiger partial charge in [-0.05, 0) is 42.7 Å². The summed E-state index contributed by atoms with van der Waals surface area (Å²) in [5, 5.41) is 2.84. The molecule has 0 atom stereocenters. The van der Waals surface area contributed by atoms with Crippen molar-refractivity contribution in [1.82, 2.24) is 0 Å². The Morgan fingerprint density at radius 2 is 1.90 bits per heavy atom. The predicted molar refractivity (Wildman–Crippen MR) is 84.4 cm³/mol. The first-order valence-electron chi connectivity index (χ1n) is 6.88. The summed E-state index contributed by atoms with van der Waals surface area (Å²) in [4.78, 5) is 11.9. The summed E-state index contributed by atoms with van der Waals surface area (Å²) in [6, 6.07) is 13.4. The van der Waals surface area contributed by atoms with E-state index in [1.165, 1.54) is 0 Å². The first kappa shape index (κ1) is 15.1. The van der Waals surface area contributed by atoms with Crippen molar-refractivity contribution in [2.75, 3.05) is 11.9 Å². The van der Waals surface area contributed by atoms with Crippen LogP contribution in [0.5, 0.6) is 5.75 Å². The molecule has 0 aliphatic rings. The van der Waals surface area contributed by atoms with E-state index in [9.17, 15) is 4.79 Å². The fourth-order valence-corrected chi connectivity index (χ4v) is 1.97. The molecule has 4 nitrogen and oxygen atoms in total. The minimum atomic E-state index is -0.179. The number of para-hydroxylation sites is 1. The number of anilines is 1. The summed E-state index contributed by atoms with van der Waals surface area (Å²) >= 11 is 0. The van der Waals surface area contributed by atoms with Gasteiger partial charge in [-0.3, -0.25) is 4.79 Å². The van der Waals surface area contributed by atoms with Crippen molar-refractivity contribution in [3.05, 3.63) is 59.2 Å². The highest BCUT2D eigenvalue weighted by molar-refractivity contribution is 5.92. The molecule has 4 heteroatoms. The minimum Gasteiger partial charge on any atom is -0.483 e. The summed E-state index contributed by atoms with van der Waals surface area (Å²) in [5.41, 5.74) is 9.40. The number of hydrogen-bond acceptors (Lipinski definition) is 3. The Morgan fingerprint density at radius 1 is 1.14 bits per heavy atom. The molecule has 0 fully saturated rings. The molecular weight excluding hydrogens is 264 g/mol. The molecule has 0 aliphatic heterocycles. The van der Waals surface area contributed by atoms with Crippen molar-refractivity contribution < 1.29 is 9.53 Å². The van der Waals surface area contributed by atoms with E-state index in [1.807, 2.05) is 56.3 Å². The van der Waals surface area contributed by atoms with Gasteiger partial charge >= 0.3 is 0 Å². The van der Waals surface area contributed by atoms with Gasteiger partial charge in [0.2, 0.25) is 0 Å². The van der Waals surface area contributed by atoms with Gasteiger partial charge < -0.3 is 15.8 Å². The fraction of sp³-hybridized carbons (Fsp3) is 0.235. The molecule has 2 rings (SSSR count). The molecule has 3 N–H and O–H groups in total. The Bertz CT molecular complexity index is 638. The van der Waals surface area contributed by atoms with Gasteiger partial charge in [-0.15, -0.1) is 0 Å². The lowest BCUT2D eigenvalue weighted by atomic mass is 10.1. The van der Waals surface area contributed by atoms with E-state index in [0.29, 0.717) is 12.3 Å². The Balaban J connectivity index is 1.97. The third kappa shape index (κ3) is 4.07. The molecule has 21 heavy (non-hydrogen) atoms. The molecule has 0 bridgehead atoms. The molecule has 0 radical (unpaired) electrons. The number of nitrogens with one attached hydrogen (secondary N) is 1. The van der Waals surface area contributed by atoms with Gasteiger partial charge in [0.05, 0.1) is 0 Å². The molecule has 2 aromatic carbocycles. The van der Waals surface area contributed by atoms with Crippen LogP contribution in [0.15, 0.2) is 42.5 Å². The van der Waals surface area contributed by atoms with Crippen LogP contribution in [0.1, 0.15) is 16.7 Å². The standard InChI is InChI=1S/C17H20N2O2/c1-12-5-3-4-6-15(12)19-17(20)11-21-16-9-14(10-18)8-7-13(16)2/h3-9H,10-11,18H2,1-2H3,(H,19,20). The van der Waals surface area contributed by atoms with Gasteiger partial charge in [-0.2, -0.15) is 0 Å². The molecule has 0 saturated heterocycles. The molecule has 0 heterocycles. The number of amides is 1. The quantitative estimate of drug-likeness (QED) is 0.887. The first-order chi connectivity index (χ1) is 10.1. The maximum Gasteiger partial charge on any atom is 0.262 e. The third-order valence-corrected chi connectivity index (χ3v) is 3.27. The van der Waals surface area contributed by atoms with E-state index in [4.69, 9.17) is 10.5 Å². The van der Waals surface area contributed by atoms with Crippen LogP contribution in [0, 0.1) is 13.8 Å². The molecule has 0 unspecified atom stereocenters. The molecule has 0 saturated carbocycles. The van der Waals surface area contributed by atoms with E-state index in [-0.39, 0.29) is 12.5 Å². The number of ether oxygens (including phenoxy) is 1. The van der Waals surface area contributed by atoms with Gasteiger partial charge in [-0.25, -0.2) is 0 Å². The zero-order chi connectivity index (χ0) is 15.2. The largest absolute Gasteiger partial charge is 0.483 e. The van der Waals surface area contributed by atoms with E-state index < -0.39 is 0 Å². The lowest BCUT2D eigenvalue weighted by Gasteiger charge is -2.11. The van der Waals surface area contributed by atoms with E-state index in [1.54, 1.807) is 0 Å². The van der Waals surface area contributed by atoms with Crippen LogP contribution < -0.4 is 15.8 Å². The predicted octanol–water partition coefficient (Wildman–Crippen LogP) is 2.78. The van der Waals surface area contributed by atoms with Crippen LogP contribution in [0.25, 0.3) is 0 Å². The second-order valence-corrected chi connectivity index (χ2v) is 4.96. The number of nitrogens with two attached hydrogens (primary N) is 1. The number of aryl methyl sites for hydroxylation is 2. The van der Waals surface area contributed by atoms with E-state index in [2.05, 4.69) is 5.32 Å². The van der Waals surface area contributed by atoms with Crippen molar-refractivity contribution in [3.63, 3.8) is 0 Å². The van der Waals surface area contributed by atoms with Crippen molar-refractivity contribution in [2.45, 2.75) is 20.4 Å². The number of rotatable bonds is 5. The zero-order valence-electron chi connectivity index (χ0n) is 12.3. The SMILES string of the molecule is Cc1ccccc1NC(=O)COc1cc(CN)ccc1C. The lowest BCUT2D eigenvalue weighted by Crippen LogP contribution is -2.21. The first-order valence-corrected chi connectivity index (χ1v) is 6.88. The van der Waals surface area contributed by atoms with Crippen molar-refractivity contribution >= 4 is 11.6 Å². The van der Waals surface area contributed by atoms with Crippen LogP contribution in [0.4, 0.5) is 5.69 Å². The Morgan fingerprint density at radius 3 is 2.62 bits per heavy atom. The van der Waals surface area contributed by atoms with Gasteiger partial charge in [-0.1, -0.05) is 30.3 Å². The molecule has 0 spiro atoms. The summed E-state index contributed by atoms with van der Waals surface area (Å²) < 4.78 is 5.59. The van der Waals surface area contributed by atoms with Crippen LogP contribution >= 0.6 is 0 Å². The Hall–Kier alpha value is -2.33. The number of carbonyl (C=O) groups excluding carboxylic acids is 1. The average molecular weight is 284 g/mol. The fourth-order valence-electron chi connectivity index (χ4n) is 1.97. The maximum atomic E-state index is 11.9. The highest BCUT2D eigenvalue weighted by atomic mass is 16.5. The van der Waals surface area contributed by atoms with Crippen LogP contribution in [0.2, 0.25) is 0 Å². The highest BCUT2D eigenvalue weighted by Crippen LogP contribution is 2.19. The summed E-state index contributed by atoms with van der Waals surface area (Å²) in [6.45, 7) is 4.31. The third-order valence-electron chi connectivity index (χ3n) is 3.27. The van der Waals surface area contributed by atoms with E-state index >= 15 is 0 Å². The van der Waals surface area contributed by atoms with Crippen LogP contribution in [-0.2, 0) is 11.3 Å². The minimum absolute atomic E-state index is 0.0246. The van der Waals surface area contributed by atoms with Crippen molar-refractivity contribution in [1.29, 1.82) is 0 Å². The molecule has 110 valence electrons. The smallest absolute Gasteiger partial charge is 0.262 e. The van der Waals surface area contributed by atoms with Gasteiger partial charge in [0.25, 0.3) is 5.91 Å². The highest BCUT2D eigenvalue weighted by Gasteiger charge is 2.07. The van der Waals surface area contributed by atoms with Crippen LogP contribution in [-0.4, -0.2) is 12.5 Å². The average Bonchev–Trinajstić information content (AvgIpc) is 2.49. The lowest BCUT2D eigenvalue weighted by molar-refractivity contribution is -0.118. The van der Waals surface area contributed by atoms with Crippen LogP contribution in [0.3, 0.4) is 0 Å². The van der Waals surface area contributed by atoms with E-state index in [0.717, 1.165) is 22.4 Å². The summed E-state index contributed by atoms with van der Waals surface area (Å²) in [6.07, 6.45) is 0. The molecule has 0 aromatic heterocycles. The van der Waals surface area contributed by atoms with Gasteiger partial charge in [0.1, 0.15) is 5.75 Å². The molecule has 1 amide bonds. The molecular formula is C17H20N2O2.